The molecule has 8 nitrogen and oxygen atoms in total. The fraction of sp³-hybridized carbons (Fsp3) is 0.429. The second-order valence-electron chi connectivity index (χ2n) is 7.91. The minimum absolute atomic E-state index is 0.00330. The molecular formula is C21H24ClN3O5S. The summed E-state index contributed by atoms with van der Waals surface area (Å²) in [6.45, 7) is 2.36. The van der Waals surface area contributed by atoms with Gasteiger partial charge in [-0.3, -0.25) is 14.5 Å². The molecule has 0 saturated carbocycles. The summed E-state index contributed by atoms with van der Waals surface area (Å²) in [6.07, 6.45) is -0.904. The van der Waals surface area contributed by atoms with Gasteiger partial charge in [-0.1, -0.05) is 23.7 Å². The Kier molecular flexibility index (Phi) is 6.20. The average Bonchev–Trinajstić information content (AvgIpc) is 3.18. The molecule has 0 radical (unpaired) electrons. The van der Waals surface area contributed by atoms with Crippen molar-refractivity contribution in [2.24, 2.45) is 0 Å². The number of halogens is 1. The smallest absolute Gasteiger partial charge is 0.252 e. The zero-order valence-electron chi connectivity index (χ0n) is 16.8. The molecule has 2 saturated heterocycles. The van der Waals surface area contributed by atoms with Gasteiger partial charge in [0.1, 0.15) is 6.10 Å². The standard InChI is InChI=1S/C21H24ClN3O5S/c22-16-3-1-15-12-17(4-2-14(15)11-16)31(29,30)13-19(26)21(28)25-9-7-24(8-10-25)18-5-6-23-20(18)27/h1-4,11-12,18-19,26H,5-10,13H2,(H,23,27)/t18?,19-/m1/s1. The maximum absolute atomic E-state index is 12.8. The van der Waals surface area contributed by atoms with Gasteiger partial charge in [0.25, 0.3) is 5.91 Å². The summed E-state index contributed by atoms with van der Waals surface area (Å²) in [7, 11) is -3.87. The van der Waals surface area contributed by atoms with E-state index in [2.05, 4.69) is 5.32 Å². The van der Waals surface area contributed by atoms with Gasteiger partial charge >= 0.3 is 0 Å². The molecule has 1 unspecified atom stereocenters. The van der Waals surface area contributed by atoms with E-state index < -0.39 is 27.6 Å². The number of hydrogen-bond acceptors (Lipinski definition) is 6. The molecule has 10 heteroatoms. The van der Waals surface area contributed by atoms with Gasteiger partial charge < -0.3 is 15.3 Å². The molecular weight excluding hydrogens is 442 g/mol. The maximum atomic E-state index is 12.8. The van der Waals surface area contributed by atoms with Crippen LogP contribution >= 0.6 is 11.6 Å². The third-order valence-electron chi connectivity index (χ3n) is 5.88. The summed E-state index contributed by atoms with van der Waals surface area (Å²) >= 11 is 5.96. The summed E-state index contributed by atoms with van der Waals surface area (Å²) in [4.78, 5) is 28.0. The second kappa shape index (κ2) is 8.74. The van der Waals surface area contributed by atoms with Gasteiger partial charge in [-0.2, -0.15) is 0 Å². The van der Waals surface area contributed by atoms with Gasteiger partial charge in [0.2, 0.25) is 5.91 Å². The van der Waals surface area contributed by atoms with Gasteiger partial charge in [0.05, 0.1) is 16.7 Å². The number of nitrogens with zero attached hydrogens (tertiary/aromatic N) is 2. The highest BCUT2D eigenvalue weighted by atomic mass is 35.5. The van der Waals surface area contributed by atoms with Crippen LogP contribution in [0.4, 0.5) is 0 Å². The van der Waals surface area contributed by atoms with Crippen molar-refractivity contribution in [1.29, 1.82) is 0 Å². The Morgan fingerprint density at radius 1 is 1.13 bits per heavy atom. The molecule has 4 rings (SSSR count). The number of carbonyl (C=O) groups is 2. The molecule has 2 aliphatic heterocycles. The Morgan fingerprint density at radius 2 is 1.81 bits per heavy atom. The summed E-state index contributed by atoms with van der Waals surface area (Å²) in [5, 5.41) is 15.2. The first-order valence-electron chi connectivity index (χ1n) is 10.2. The van der Waals surface area contributed by atoms with Crippen LogP contribution < -0.4 is 5.32 Å². The third-order valence-corrected chi connectivity index (χ3v) is 7.84. The third kappa shape index (κ3) is 4.69. The number of nitrogens with one attached hydrogen (secondary N) is 1. The van der Waals surface area contributed by atoms with Crippen LogP contribution in [-0.4, -0.2) is 85.8 Å². The first kappa shape index (κ1) is 22.0. The van der Waals surface area contributed by atoms with E-state index in [0.29, 0.717) is 43.1 Å². The van der Waals surface area contributed by atoms with Crippen LogP contribution in [0.5, 0.6) is 0 Å². The van der Waals surface area contributed by atoms with Crippen molar-refractivity contribution in [3.63, 3.8) is 0 Å². The lowest BCUT2D eigenvalue weighted by atomic mass is 10.1. The number of aliphatic hydroxyl groups is 1. The van der Waals surface area contributed by atoms with Crippen LogP contribution in [0.2, 0.25) is 5.02 Å². The number of aliphatic hydroxyl groups excluding tert-OH is 1. The van der Waals surface area contributed by atoms with Gasteiger partial charge in [0, 0.05) is 37.7 Å². The average molecular weight is 466 g/mol. The van der Waals surface area contributed by atoms with Crippen LogP contribution in [0.3, 0.4) is 0 Å². The molecule has 2 N–H and O–H groups in total. The van der Waals surface area contributed by atoms with E-state index in [1.165, 1.54) is 17.0 Å². The summed E-state index contributed by atoms with van der Waals surface area (Å²) in [6, 6.07) is 9.59. The zero-order valence-corrected chi connectivity index (χ0v) is 18.4. The number of carbonyl (C=O) groups excluding carboxylic acids is 2. The number of rotatable bonds is 5. The fourth-order valence-electron chi connectivity index (χ4n) is 4.16. The number of sulfone groups is 1. The van der Waals surface area contributed by atoms with E-state index in [9.17, 15) is 23.1 Å². The first-order valence-corrected chi connectivity index (χ1v) is 12.2. The van der Waals surface area contributed by atoms with Crippen molar-refractivity contribution >= 4 is 44.0 Å². The molecule has 0 aromatic heterocycles. The quantitative estimate of drug-likeness (QED) is 0.671. The van der Waals surface area contributed by atoms with Crippen molar-refractivity contribution in [2.75, 3.05) is 38.5 Å². The maximum Gasteiger partial charge on any atom is 0.252 e. The monoisotopic (exact) mass is 465 g/mol. The number of piperazine rings is 1. The fourth-order valence-corrected chi connectivity index (χ4v) is 5.67. The lowest BCUT2D eigenvalue weighted by Crippen LogP contribution is -2.55. The summed E-state index contributed by atoms with van der Waals surface area (Å²) in [5.41, 5.74) is 0. The summed E-state index contributed by atoms with van der Waals surface area (Å²) < 4.78 is 25.6. The lowest BCUT2D eigenvalue weighted by molar-refractivity contribution is -0.141. The van der Waals surface area contributed by atoms with E-state index in [0.717, 1.165) is 11.8 Å². The normalized spacial score (nSPS) is 21.3. The molecule has 2 fully saturated rings. The molecule has 31 heavy (non-hydrogen) atoms. The number of benzene rings is 2. The molecule has 2 aromatic carbocycles. The molecule has 2 amide bonds. The van der Waals surface area contributed by atoms with Gasteiger partial charge in [-0.05, 0) is 41.5 Å². The molecule has 0 bridgehead atoms. The van der Waals surface area contributed by atoms with E-state index in [-0.39, 0.29) is 16.8 Å². The van der Waals surface area contributed by atoms with Crippen molar-refractivity contribution in [3.05, 3.63) is 41.4 Å². The Balaban J connectivity index is 1.39. The highest BCUT2D eigenvalue weighted by Gasteiger charge is 2.35. The molecule has 2 aliphatic rings. The van der Waals surface area contributed by atoms with Crippen LogP contribution in [0.1, 0.15) is 6.42 Å². The van der Waals surface area contributed by atoms with Gasteiger partial charge in [-0.25, -0.2) is 8.42 Å². The summed E-state index contributed by atoms with van der Waals surface area (Å²) in [5.74, 6) is -1.29. The molecule has 2 heterocycles. The van der Waals surface area contributed by atoms with Crippen molar-refractivity contribution in [1.82, 2.24) is 15.1 Å². The number of amides is 2. The van der Waals surface area contributed by atoms with Crippen LogP contribution in [0.25, 0.3) is 10.8 Å². The number of fused-ring (bicyclic) bond motifs is 1. The van der Waals surface area contributed by atoms with Crippen molar-refractivity contribution < 1.29 is 23.1 Å². The first-order chi connectivity index (χ1) is 14.7. The Bertz CT molecular complexity index is 1120. The highest BCUT2D eigenvalue weighted by Crippen LogP contribution is 2.24. The van der Waals surface area contributed by atoms with Gasteiger partial charge in [-0.15, -0.1) is 0 Å². The Labute approximate surface area is 185 Å². The predicted octanol–water partition coefficient (Wildman–Crippen LogP) is 0.661. The van der Waals surface area contributed by atoms with Crippen LogP contribution in [0, 0.1) is 0 Å². The topological polar surface area (TPSA) is 107 Å². The molecule has 0 aliphatic carbocycles. The molecule has 0 spiro atoms. The minimum Gasteiger partial charge on any atom is -0.382 e. The Hall–Kier alpha value is -2.20. The van der Waals surface area contributed by atoms with Crippen molar-refractivity contribution in [3.8, 4) is 0 Å². The molecule has 2 aromatic rings. The minimum atomic E-state index is -3.87. The highest BCUT2D eigenvalue weighted by molar-refractivity contribution is 7.91. The van der Waals surface area contributed by atoms with E-state index in [1.54, 1.807) is 24.3 Å². The number of hydrogen-bond donors (Lipinski definition) is 2. The SMILES string of the molecule is O=C1NCCC1N1CCN(C(=O)[C@H](O)CS(=O)(=O)c2ccc3cc(Cl)ccc3c2)CC1. The predicted molar refractivity (Wildman–Crippen MR) is 117 cm³/mol. The van der Waals surface area contributed by atoms with E-state index >= 15 is 0 Å². The van der Waals surface area contributed by atoms with E-state index in [1.807, 2.05) is 4.90 Å². The Morgan fingerprint density at radius 3 is 2.48 bits per heavy atom. The second-order valence-corrected chi connectivity index (χ2v) is 10.4. The van der Waals surface area contributed by atoms with Crippen molar-refractivity contribution in [2.45, 2.75) is 23.5 Å². The lowest BCUT2D eigenvalue weighted by Gasteiger charge is -2.37. The van der Waals surface area contributed by atoms with Gasteiger partial charge in [0.15, 0.2) is 9.84 Å². The molecule has 2 atom stereocenters. The zero-order chi connectivity index (χ0) is 22.2. The van der Waals surface area contributed by atoms with Crippen LogP contribution in [0.15, 0.2) is 41.3 Å². The van der Waals surface area contributed by atoms with E-state index in [4.69, 9.17) is 11.6 Å². The largest absolute Gasteiger partial charge is 0.382 e. The molecule has 166 valence electrons. The van der Waals surface area contributed by atoms with Crippen LogP contribution in [-0.2, 0) is 19.4 Å².